The zero-order valence-corrected chi connectivity index (χ0v) is 21.5. The van der Waals surface area contributed by atoms with E-state index in [0.717, 1.165) is 10.0 Å². The van der Waals surface area contributed by atoms with E-state index < -0.39 is 4.92 Å². The number of nitrogens with zero attached hydrogens (tertiary/aromatic N) is 1. The lowest BCUT2D eigenvalue weighted by molar-refractivity contribution is -0.384. The van der Waals surface area contributed by atoms with Gasteiger partial charge in [0.15, 0.2) is 0 Å². The molecule has 32 heavy (non-hydrogen) atoms. The van der Waals surface area contributed by atoms with Crippen LogP contribution in [0, 0.1) is 17.0 Å². The summed E-state index contributed by atoms with van der Waals surface area (Å²) in [6, 6.07) is 14.9. The number of rotatable bonds is 3. The number of hydrogen-bond donors (Lipinski definition) is 3. The van der Waals surface area contributed by atoms with Crippen LogP contribution < -0.4 is 11.1 Å². The van der Waals surface area contributed by atoms with Gasteiger partial charge in [-0.3, -0.25) is 14.9 Å². The van der Waals surface area contributed by atoms with Gasteiger partial charge in [-0.2, -0.15) is 0 Å². The molecule has 0 saturated heterocycles. The van der Waals surface area contributed by atoms with E-state index in [1.54, 1.807) is 30.3 Å². The van der Waals surface area contributed by atoms with E-state index in [9.17, 15) is 14.9 Å². The van der Waals surface area contributed by atoms with E-state index in [-0.39, 0.29) is 16.6 Å². The Hall–Kier alpha value is -2.26. The lowest BCUT2D eigenvalue weighted by Crippen LogP contribution is -2.14. The standard InChI is InChI=1S/C14H12BrClN2O.C6H4ClNO2S.C2H6/c1-8-2-4-11(16)13(6-8)18-14(19)10-7-9(15)3-5-12(10)17;7-5-2-1-4(11)3-6(5)8(9)10;1-2/h2-7H,17H2,1H3,(H,18,19);1-3,11H;1-2H3. The number of aryl methyl sites for hydroxylation is 1. The third-order valence-electron chi connectivity index (χ3n) is 3.76. The van der Waals surface area contributed by atoms with Crippen LogP contribution in [0.4, 0.5) is 17.1 Å². The third kappa shape index (κ3) is 8.35. The van der Waals surface area contributed by atoms with E-state index >= 15 is 0 Å². The molecule has 0 atom stereocenters. The van der Waals surface area contributed by atoms with Crippen LogP contribution in [-0.4, -0.2) is 10.8 Å². The first kappa shape index (κ1) is 27.8. The number of nitro groups is 1. The Morgan fingerprint density at radius 2 is 1.69 bits per heavy atom. The number of carbonyl (C=O) groups excluding carboxylic acids is 1. The van der Waals surface area contributed by atoms with Gasteiger partial charge in [0.25, 0.3) is 11.6 Å². The van der Waals surface area contributed by atoms with Gasteiger partial charge in [-0.05, 0) is 55.0 Å². The number of amides is 1. The molecule has 3 aromatic rings. The normalized spacial score (nSPS) is 9.59. The lowest BCUT2D eigenvalue weighted by Gasteiger charge is -2.10. The highest BCUT2D eigenvalue weighted by Crippen LogP contribution is 2.26. The molecule has 3 aromatic carbocycles. The Labute approximate surface area is 210 Å². The summed E-state index contributed by atoms with van der Waals surface area (Å²) in [5.41, 5.74) is 8.11. The molecule has 0 aliphatic heterocycles. The molecule has 0 unspecified atom stereocenters. The summed E-state index contributed by atoms with van der Waals surface area (Å²) in [5, 5.41) is 13.7. The molecule has 6 nitrogen and oxygen atoms in total. The minimum absolute atomic E-state index is 0.112. The maximum absolute atomic E-state index is 12.2. The first-order chi connectivity index (χ1) is 15.1. The second-order valence-corrected chi connectivity index (χ2v) is 8.31. The van der Waals surface area contributed by atoms with Gasteiger partial charge in [0.05, 0.1) is 21.2 Å². The Balaban J connectivity index is 0.000000335. The van der Waals surface area contributed by atoms with E-state index in [1.807, 2.05) is 32.9 Å². The smallest absolute Gasteiger partial charge is 0.288 e. The van der Waals surface area contributed by atoms with Gasteiger partial charge in [0.2, 0.25) is 0 Å². The molecule has 3 rings (SSSR count). The fraction of sp³-hybridized carbons (Fsp3) is 0.136. The topological polar surface area (TPSA) is 98.3 Å². The van der Waals surface area contributed by atoms with Crippen LogP contribution in [-0.2, 0) is 0 Å². The molecule has 0 saturated carbocycles. The van der Waals surface area contributed by atoms with Crippen molar-refractivity contribution >= 4 is 74.7 Å². The molecular formula is C22H22BrCl2N3O3S. The number of benzene rings is 3. The predicted octanol–water partition coefficient (Wildman–Crippen LogP) is 7.81. The fourth-order valence-corrected chi connectivity index (χ4v) is 3.20. The van der Waals surface area contributed by atoms with Crippen LogP contribution in [0.1, 0.15) is 29.8 Å². The molecule has 10 heteroatoms. The number of anilines is 2. The van der Waals surface area contributed by atoms with Gasteiger partial charge in [0, 0.05) is 21.1 Å². The maximum atomic E-state index is 12.2. The molecule has 170 valence electrons. The molecule has 0 aliphatic carbocycles. The van der Waals surface area contributed by atoms with Gasteiger partial charge in [0.1, 0.15) is 5.02 Å². The van der Waals surface area contributed by atoms with Crippen LogP contribution in [0.25, 0.3) is 0 Å². The summed E-state index contributed by atoms with van der Waals surface area (Å²) in [6.07, 6.45) is 0. The van der Waals surface area contributed by atoms with Gasteiger partial charge >= 0.3 is 0 Å². The third-order valence-corrected chi connectivity index (χ3v) is 5.18. The van der Waals surface area contributed by atoms with Gasteiger partial charge in [-0.1, -0.05) is 59.0 Å². The van der Waals surface area contributed by atoms with Crippen molar-refractivity contribution in [1.29, 1.82) is 0 Å². The molecule has 0 aliphatic rings. The highest BCUT2D eigenvalue weighted by Gasteiger charge is 2.12. The molecule has 3 N–H and O–H groups in total. The summed E-state index contributed by atoms with van der Waals surface area (Å²) >= 11 is 18.8. The quantitative estimate of drug-likeness (QED) is 0.132. The van der Waals surface area contributed by atoms with E-state index in [4.69, 9.17) is 28.9 Å². The number of nitrogens with one attached hydrogen (secondary N) is 1. The molecule has 1 amide bonds. The zero-order valence-electron chi connectivity index (χ0n) is 17.5. The van der Waals surface area contributed by atoms with E-state index in [0.29, 0.717) is 26.9 Å². The summed E-state index contributed by atoms with van der Waals surface area (Å²) in [4.78, 5) is 22.4. The molecule has 0 aromatic heterocycles. The molecular weight excluding hydrogens is 537 g/mol. The summed E-state index contributed by atoms with van der Waals surface area (Å²) in [5.74, 6) is -0.286. The number of nitrogens with two attached hydrogens (primary N) is 1. The average molecular weight is 559 g/mol. The SMILES string of the molecule is CC.Cc1ccc(Cl)c(NC(=O)c2cc(Br)ccc2N)c1.O=[N+]([O-])c1cc(S)ccc1Cl. The molecule has 0 heterocycles. The van der Waals surface area contributed by atoms with Crippen molar-refractivity contribution in [3.8, 4) is 0 Å². The zero-order chi connectivity index (χ0) is 24.4. The Morgan fingerprint density at radius 1 is 1.06 bits per heavy atom. The van der Waals surface area contributed by atoms with Gasteiger partial charge < -0.3 is 11.1 Å². The fourth-order valence-electron chi connectivity index (χ4n) is 2.29. The number of halogens is 3. The van der Waals surface area contributed by atoms with Crippen LogP contribution in [0.2, 0.25) is 10.0 Å². The van der Waals surface area contributed by atoms with Crippen molar-refractivity contribution in [3.05, 3.63) is 90.4 Å². The molecule has 0 bridgehead atoms. The Bertz CT molecular complexity index is 1110. The first-order valence-electron chi connectivity index (χ1n) is 9.34. The minimum atomic E-state index is -0.540. The number of carbonyl (C=O) groups is 1. The highest BCUT2D eigenvalue weighted by molar-refractivity contribution is 9.10. The highest BCUT2D eigenvalue weighted by atomic mass is 79.9. The maximum Gasteiger partial charge on any atom is 0.288 e. The van der Waals surface area contributed by atoms with Crippen molar-refractivity contribution in [1.82, 2.24) is 0 Å². The lowest BCUT2D eigenvalue weighted by atomic mass is 10.1. The number of nitrogen functional groups attached to an aromatic ring is 1. The minimum Gasteiger partial charge on any atom is -0.398 e. The van der Waals surface area contributed by atoms with Crippen molar-refractivity contribution < 1.29 is 9.72 Å². The van der Waals surface area contributed by atoms with Gasteiger partial charge in [-0.25, -0.2) is 0 Å². The van der Waals surface area contributed by atoms with Crippen molar-refractivity contribution in [2.45, 2.75) is 25.7 Å². The second-order valence-electron chi connectivity index (χ2n) is 6.06. The monoisotopic (exact) mass is 557 g/mol. The van der Waals surface area contributed by atoms with E-state index in [2.05, 4.69) is 33.9 Å². The van der Waals surface area contributed by atoms with Crippen LogP contribution in [0.15, 0.2) is 64.0 Å². The van der Waals surface area contributed by atoms with E-state index in [1.165, 1.54) is 12.1 Å². The van der Waals surface area contributed by atoms with Crippen LogP contribution in [0.5, 0.6) is 0 Å². The van der Waals surface area contributed by atoms with Crippen molar-refractivity contribution in [2.24, 2.45) is 0 Å². The number of hydrogen-bond acceptors (Lipinski definition) is 5. The number of nitro benzene ring substituents is 1. The molecule has 0 fully saturated rings. The van der Waals surface area contributed by atoms with Crippen LogP contribution >= 0.6 is 51.8 Å². The van der Waals surface area contributed by atoms with Crippen LogP contribution in [0.3, 0.4) is 0 Å². The summed E-state index contributed by atoms with van der Waals surface area (Å²) in [6.45, 7) is 5.93. The molecule has 0 radical (unpaired) electrons. The predicted molar refractivity (Wildman–Crippen MR) is 139 cm³/mol. The first-order valence-corrected chi connectivity index (χ1v) is 11.3. The summed E-state index contributed by atoms with van der Waals surface area (Å²) < 4.78 is 0.794. The number of thiol groups is 1. The van der Waals surface area contributed by atoms with Crippen molar-refractivity contribution in [3.63, 3.8) is 0 Å². The van der Waals surface area contributed by atoms with Crippen molar-refractivity contribution in [2.75, 3.05) is 11.1 Å². The largest absolute Gasteiger partial charge is 0.398 e. The van der Waals surface area contributed by atoms with Gasteiger partial charge in [-0.15, -0.1) is 12.6 Å². The summed E-state index contributed by atoms with van der Waals surface area (Å²) in [7, 11) is 0. The Kier molecular flexibility index (Phi) is 11.6. The average Bonchev–Trinajstić information content (AvgIpc) is 2.76. The molecule has 0 spiro atoms. The Morgan fingerprint density at radius 3 is 2.28 bits per heavy atom. The second kappa shape index (κ2) is 13.3.